The molecule has 1 aromatic carbocycles. The van der Waals surface area contributed by atoms with Crippen molar-refractivity contribution in [1.82, 2.24) is 14.9 Å². The van der Waals surface area contributed by atoms with Crippen molar-refractivity contribution in [1.29, 1.82) is 0 Å². The van der Waals surface area contributed by atoms with E-state index >= 15 is 0 Å². The summed E-state index contributed by atoms with van der Waals surface area (Å²) in [6.45, 7) is 6.75. The number of nitrogens with zero attached hydrogens (tertiary/aromatic N) is 5. The summed E-state index contributed by atoms with van der Waals surface area (Å²) in [5.41, 5.74) is -0.798. The van der Waals surface area contributed by atoms with Crippen molar-refractivity contribution in [3.63, 3.8) is 0 Å². The second-order valence-electron chi connectivity index (χ2n) is 8.52. The Morgan fingerprint density at radius 3 is 2.41 bits per heavy atom. The number of rotatable bonds is 11. The summed E-state index contributed by atoms with van der Waals surface area (Å²) < 4.78 is 5.70. The summed E-state index contributed by atoms with van der Waals surface area (Å²) in [5, 5.41) is 4.42. The van der Waals surface area contributed by atoms with E-state index < -0.39 is 21.2 Å². The molecule has 174 valence electrons. The van der Waals surface area contributed by atoms with E-state index in [4.69, 9.17) is 14.7 Å². The Bertz CT molecular complexity index is 946. The Morgan fingerprint density at radius 1 is 1.03 bits per heavy atom. The molecule has 0 saturated carbocycles. The number of aromatic nitrogens is 2. The SMILES string of the molecule is COc1c([AsH]CCN(C)CCNc2cc(N3CCCC3)nc(N3CCCC3)n2)c(=O)c1=O. The average Bonchev–Trinajstić information content (AvgIpc) is 3.52. The van der Waals surface area contributed by atoms with Gasteiger partial charge in [0.1, 0.15) is 0 Å². The maximum absolute atomic E-state index is 11.7. The molecule has 0 amide bonds. The number of ether oxygens (including phenoxy) is 1. The van der Waals surface area contributed by atoms with Crippen LogP contribution in [-0.2, 0) is 0 Å². The molecule has 1 unspecified atom stereocenters. The number of anilines is 3. The van der Waals surface area contributed by atoms with Gasteiger partial charge in [-0.1, -0.05) is 0 Å². The number of nitrogens with one attached hydrogen (secondary N) is 1. The normalized spacial score (nSPS) is 16.8. The molecule has 0 radical (unpaired) electrons. The van der Waals surface area contributed by atoms with Crippen LogP contribution in [0.4, 0.5) is 17.6 Å². The van der Waals surface area contributed by atoms with Crippen LogP contribution in [0.2, 0.25) is 5.21 Å². The molecule has 1 N–H and O–H groups in total. The molecule has 0 spiro atoms. The zero-order valence-electron chi connectivity index (χ0n) is 19.0. The molecule has 3 heterocycles. The van der Waals surface area contributed by atoms with E-state index in [2.05, 4.69) is 33.1 Å². The Kier molecular flexibility index (Phi) is 7.68. The van der Waals surface area contributed by atoms with Gasteiger partial charge in [-0.05, 0) is 0 Å². The predicted molar refractivity (Wildman–Crippen MR) is 130 cm³/mol. The van der Waals surface area contributed by atoms with Crippen LogP contribution < -0.4 is 35.1 Å². The van der Waals surface area contributed by atoms with Crippen molar-refractivity contribution in [2.75, 3.05) is 75.1 Å². The van der Waals surface area contributed by atoms with Crippen LogP contribution >= 0.6 is 0 Å². The van der Waals surface area contributed by atoms with Crippen molar-refractivity contribution in [2.45, 2.75) is 30.9 Å². The van der Waals surface area contributed by atoms with Gasteiger partial charge in [-0.2, -0.15) is 0 Å². The van der Waals surface area contributed by atoms with Crippen LogP contribution in [0.5, 0.6) is 5.75 Å². The van der Waals surface area contributed by atoms with Gasteiger partial charge in [-0.3, -0.25) is 0 Å². The maximum atomic E-state index is 11.7. The van der Waals surface area contributed by atoms with E-state index in [0.29, 0.717) is 10.1 Å². The fourth-order valence-corrected chi connectivity index (χ4v) is 7.19. The predicted octanol–water partition coefficient (Wildman–Crippen LogP) is -0.194. The number of hydrogen-bond donors (Lipinski definition) is 1. The van der Waals surface area contributed by atoms with Gasteiger partial charge in [0, 0.05) is 0 Å². The Morgan fingerprint density at radius 2 is 1.72 bits per heavy atom. The van der Waals surface area contributed by atoms with Crippen LogP contribution in [0.25, 0.3) is 0 Å². The molecule has 2 aromatic rings. The first-order chi connectivity index (χ1) is 15.6. The molecule has 32 heavy (non-hydrogen) atoms. The molecular formula is C22H33AsN6O3. The summed E-state index contributed by atoms with van der Waals surface area (Å²) in [4.78, 5) is 39.7. The molecule has 2 aliphatic rings. The minimum atomic E-state index is -0.635. The zero-order valence-corrected chi connectivity index (χ0v) is 21.1. The van der Waals surface area contributed by atoms with Crippen molar-refractivity contribution >= 4 is 37.7 Å². The third kappa shape index (κ3) is 5.26. The number of hydrogen-bond acceptors (Lipinski definition) is 9. The van der Waals surface area contributed by atoms with E-state index in [9.17, 15) is 9.59 Å². The fraction of sp³-hybridized carbons (Fsp3) is 0.636. The van der Waals surface area contributed by atoms with Gasteiger partial charge in [-0.25, -0.2) is 0 Å². The van der Waals surface area contributed by atoms with E-state index in [1.165, 1.54) is 32.8 Å². The van der Waals surface area contributed by atoms with Gasteiger partial charge >= 0.3 is 196 Å². The molecule has 10 heteroatoms. The molecule has 4 rings (SSSR count). The molecule has 1 aromatic heterocycles. The summed E-state index contributed by atoms with van der Waals surface area (Å²) in [6.07, 6.45) is 4.86. The summed E-state index contributed by atoms with van der Waals surface area (Å²) in [5.74, 6) is 3.06. The van der Waals surface area contributed by atoms with Crippen LogP contribution in [0.3, 0.4) is 0 Å². The van der Waals surface area contributed by atoms with Gasteiger partial charge in [0.05, 0.1) is 0 Å². The quantitative estimate of drug-likeness (QED) is 0.330. The number of likely N-dealkylation sites (N-methyl/N-ethyl adjacent to an activating group) is 1. The third-order valence-electron chi connectivity index (χ3n) is 6.19. The molecule has 2 aliphatic heterocycles. The standard InChI is InChI=1S/C22H33AsN6O3/c1-27(13-7-23-18-19(30)20(31)21(18)32-2)14-8-24-16-15-17(28-9-3-4-10-28)26-22(25-16)29-11-5-6-12-29/h15,23H,3-14H2,1-2H3,(H,24,25,26). The van der Waals surface area contributed by atoms with Crippen LogP contribution in [-0.4, -0.2) is 90.6 Å². The van der Waals surface area contributed by atoms with Crippen LogP contribution in [0, 0.1) is 0 Å². The molecule has 2 fully saturated rings. The Labute approximate surface area is 195 Å². The first kappa shape index (κ1) is 23.1. The van der Waals surface area contributed by atoms with Gasteiger partial charge in [0.15, 0.2) is 0 Å². The molecule has 1 atom stereocenters. The first-order valence-corrected chi connectivity index (χ1v) is 14.0. The topological polar surface area (TPSA) is 90.9 Å². The van der Waals surface area contributed by atoms with E-state index in [1.54, 1.807) is 0 Å². The monoisotopic (exact) mass is 504 g/mol. The molecular weight excluding hydrogens is 471 g/mol. The third-order valence-corrected chi connectivity index (χ3v) is 8.87. The van der Waals surface area contributed by atoms with Crippen molar-refractivity contribution in [3.05, 3.63) is 26.5 Å². The molecule has 0 aliphatic carbocycles. The van der Waals surface area contributed by atoms with E-state index in [1.807, 2.05) is 0 Å². The summed E-state index contributed by atoms with van der Waals surface area (Å²) in [6, 6.07) is 2.08. The van der Waals surface area contributed by atoms with Gasteiger partial charge in [0.2, 0.25) is 0 Å². The van der Waals surface area contributed by atoms with Crippen molar-refractivity contribution in [3.8, 4) is 5.75 Å². The van der Waals surface area contributed by atoms with E-state index in [-0.39, 0.29) is 5.43 Å². The molecule has 9 nitrogen and oxygen atoms in total. The van der Waals surface area contributed by atoms with Gasteiger partial charge in [-0.15, -0.1) is 0 Å². The van der Waals surface area contributed by atoms with E-state index in [0.717, 1.165) is 68.6 Å². The summed E-state index contributed by atoms with van der Waals surface area (Å²) >= 11 is -0.635. The fourth-order valence-electron chi connectivity index (χ4n) is 4.26. The van der Waals surface area contributed by atoms with Crippen LogP contribution in [0.15, 0.2) is 15.7 Å². The molecule has 2 saturated heterocycles. The van der Waals surface area contributed by atoms with Crippen molar-refractivity contribution in [2.24, 2.45) is 0 Å². The summed E-state index contributed by atoms with van der Waals surface area (Å²) in [7, 11) is 3.54. The van der Waals surface area contributed by atoms with Crippen LogP contribution in [0.1, 0.15) is 25.7 Å². The Hall–Kier alpha value is -2.12. The minimum absolute atomic E-state index is 0.297. The first-order valence-electron chi connectivity index (χ1n) is 11.5. The Balaban J connectivity index is 1.28. The number of methoxy groups -OCH3 is 1. The molecule has 0 bridgehead atoms. The second kappa shape index (κ2) is 10.7. The van der Waals surface area contributed by atoms with Gasteiger partial charge in [0.25, 0.3) is 0 Å². The second-order valence-corrected chi connectivity index (χ2v) is 11.4. The zero-order chi connectivity index (χ0) is 22.5. The average molecular weight is 504 g/mol. The van der Waals surface area contributed by atoms with Crippen molar-refractivity contribution < 1.29 is 4.74 Å². The van der Waals surface area contributed by atoms with Gasteiger partial charge < -0.3 is 0 Å².